The number of aromatic nitrogens is 1. The lowest BCUT2D eigenvalue weighted by Gasteiger charge is -2.41. The zero-order valence-electron chi connectivity index (χ0n) is 10.2. The molecule has 0 bridgehead atoms. The van der Waals surface area contributed by atoms with Crippen molar-refractivity contribution in [2.75, 3.05) is 31.1 Å². The van der Waals surface area contributed by atoms with Crippen LogP contribution in [-0.4, -0.2) is 37.1 Å². The van der Waals surface area contributed by atoms with Crippen LogP contribution in [0.4, 0.5) is 14.5 Å². The molecule has 0 aliphatic carbocycles. The van der Waals surface area contributed by atoms with Crippen LogP contribution < -0.4 is 10.2 Å². The second kappa shape index (κ2) is 4.16. The lowest BCUT2D eigenvalue weighted by atomic mass is 9.76. The van der Waals surface area contributed by atoms with Crippen molar-refractivity contribution in [3.8, 4) is 0 Å². The van der Waals surface area contributed by atoms with Gasteiger partial charge >= 0.3 is 0 Å². The Kier molecular flexibility index (Phi) is 2.73. The van der Waals surface area contributed by atoms with Crippen LogP contribution >= 0.6 is 0 Å². The van der Waals surface area contributed by atoms with Crippen molar-refractivity contribution >= 4 is 5.69 Å². The van der Waals surface area contributed by atoms with Crippen molar-refractivity contribution in [1.82, 2.24) is 10.3 Å². The normalized spacial score (nSPS) is 30.9. The topological polar surface area (TPSA) is 28.2 Å². The minimum absolute atomic E-state index is 0.0477. The molecule has 1 N–H and O–H groups in total. The fourth-order valence-electron chi connectivity index (χ4n) is 3.04. The van der Waals surface area contributed by atoms with E-state index in [0.717, 1.165) is 5.69 Å². The van der Waals surface area contributed by atoms with E-state index < -0.39 is 11.3 Å². The SMILES string of the molecule is FC1(F)CCNC[C@@]12CCN(c1cccnc1)C2. The van der Waals surface area contributed by atoms with Crippen molar-refractivity contribution in [3.63, 3.8) is 0 Å². The van der Waals surface area contributed by atoms with Crippen molar-refractivity contribution in [3.05, 3.63) is 24.5 Å². The van der Waals surface area contributed by atoms with Gasteiger partial charge in [-0.2, -0.15) is 0 Å². The Labute approximate surface area is 105 Å². The molecule has 1 aromatic rings. The Balaban J connectivity index is 1.82. The number of piperidine rings is 1. The van der Waals surface area contributed by atoms with E-state index in [1.165, 1.54) is 0 Å². The van der Waals surface area contributed by atoms with Crippen molar-refractivity contribution < 1.29 is 8.78 Å². The smallest absolute Gasteiger partial charge is 0.257 e. The highest BCUT2D eigenvalue weighted by Gasteiger charge is 2.57. The minimum Gasteiger partial charge on any atom is -0.369 e. The van der Waals surface area contributed by atoms with Gasteiger partial charge in [-0.05, 0) is 18.6 Å². The number of rotatable bonds is 1. The van der Waals surface area contributed by atoms with Crippen molar-refractivity contribution in [1.29, 1.82) is 0 Å². The summed E-state index contributed by atoms with van der Waals surface area (Å²) in [6, 6.07) is 3.78. The van der Waals surface area contributed by atoms with Crippen LogP contribution in [0.5, 0.6) is 0 Å². The molecule has 2 aliphatic rings. The van der Waals surface area contributed by atoms with Gasteiger partial charge in [0, 0.05) is 38.8 Å². The summed E-state index contributed by atoms with van der Waals surface area (Å²) in [4.78, 5) is 6.08. The van der Waals surface area contributed by atoms with E-state index in [1.807, 2.05) is 17.0 Å². The molecule has 3 heterocycles. The predicted octanol–water partition coefficient (Wildman–Crippen LogP) is 1.91. The molecule has 2 saturated heterocycles. The molecule has 0 amide bonds. The fraction of sp³-hybridized carbons (Fsp3) is 0.615. The molecule has 0 radical (unpaired) electrons. The average Bonchev–Trinajstić information content (AvgIpc) is 2.81. The maximum absolute atomic E-state index is 14.2. The molecule has 2 fully saturated rings. The summed E-state index contributed by atoms with van der Waals surface area (Å²) in [6.45, 7) is 1.93. The van der Waals surface area contributed by atoms with Gasteiger partial charge < -0.3 is 10.2 Å². The molecule has 3 rings (SSSR count). The van der Waals surface area contributed by atoms with Crippen LogP contribution in [0.1, 0.15) is 12.8 Å². The third-order valence-electron chi connectivity index (χ3n) is 4.22. The highest BCUT2D eigenvalue weighted by molar-refractivity contribution is 5.45. The van der Waals surface area contributed by atoms with E-state index in [-0.39, 0.29) is 6.42 Å². The molecule has 98 valence electrons. The molecule has 1 aromatic heterocycles. The van der Waals surface area contributed by atoms with Gasteiger partial charge in [0.2, 0.25) is 0 Å². The number of hydrogen-bond donors (Lipinski definition) is 1. The zero-order chi connectivity index (χ0) is 12.6. The second-order valence-electron chi connectivity index (χ2n) is 5.29. The van der Waals surface area contributed by atoms with Crippen molar-refractivity contribution in [2.45, 2.75) is 18.8 Å². The number of halogens is 2. The third kappa shape index (κ3) is 1.77. The summed E-state index contributed by atoms with van der Waals surface area (Å²) in [5, 5.41) is 3.12. The Morgan fingerprint density at radius 2 is 2.22 bits per heavy atom. The molecular weight excluding hydrogens is 236 g/mol. The summed E-state index contributed by atoms with van der Waals surface area (Å²) in [5.41, 5.74) is 0.0388. The van der Waals surface area contributed by atoms with E-state index in [4.69, 9.17) is 0 Å². The molecule has 0 unspecified atom stereocenters. The quantitative estimate of drug-likeness (QED) is 0.828. The van der Waals surface area contributed by atoms with Crippen LogP contribution in [0.3, 0.4) is 0 Å². The summed E-state index contributed by atoms with van der Waals surface area (Å²) >= 11 is 0. The van der Waals surface area contributed by atoms with Crippen LogP contribution in [0.15, 0.2) is 24.5 Å². The first-order chi connectivity index (χ1) is 8.63. The highest BCUT2D eigenvalue weighted by atomic mass is 19.3. The minimum atomic E-state index is -2.56. The number of hydrogen-bond acceptors (Lipinski definition) is 3. The van der Waals surface area contributed by atoms with E-state index in [9.17, 15) is 8.78 Å². The standard InChI is InChI=1S/C13H17F2N3/c14-13(15)3-6-17-9-12(13)4-7-18(10-12)11-2-1-5-16-8-11/h1-2,5,8,17H,3-4,6-7,9-10H2/t12-/m1/s1. The summed E-state index contributed by atoms with van der Waals surface area (Å²) in [7, 11) is 0. The van der Waals surface area contributed by atoms with E-state index in [1.54, 1.807) is 12.4 Å². The van der Waals surface area contributed by atoms with Gasteiger partial charge in [-0.15, -0.1) is 0 Å². The highest BCUT2D eigenvalue weighted by Crippen LogP contribution is 2.48. The van der Waals surface area contributed by atoms with Crippen molar-refractivity contribution in [2.24, 2.45) is 5.41 Å². The van der Waals surface area contributed by atoms with Gasteiger partial charge in [0.25, 0.3) is 5.92 Å². The van der Waals surface area contributed by atoms with Crippen LogP contribution in [0.2, 0.25) is 0 Å². The Bertz CT molecular complexity index is 424. The molecule has 1 spiro atoms. The Morgan fingerprint density at radius 3 is 2.94 bits per heavy atom. The largest absolute Gasteiger partial charge is 0.369 e. The summed E-state index contributed by atoms with van der Waals surface area (Å²) in [5.74, 6) is -2.56. The average molecular weight is 253 g/mol. The van der Waals surface area contributed by atoms with E-state index in [0.29, 0.717) is 32.6 Å². The van der Waals surface area contributed by atoms with Gasteiger partial charge in [0.05, 0.1) is 17.3 Å². The maximum atomic E-state index is 14.2. The van der Waals surface area contributed by atoms with Gasteiger partial charge in [-0.3, -0.25) is 4.98 Å². The lowest BCUT2D eigenvalue weighted by Crippen LogP contribution is -2.55. The van der Waals surface area contributed by atoms with E-state index in [2.05, 4.69) is 10.3 Å². The summed E-state index contributed by atoms with van der Waals surface area (Å²) in [6.07, 6.45) is 3.94. The maximum Gasteiger partial charge on any atom is 0.257 e. The summed E-state index contributed by atoms with van der Waals surface area (Å²) < 4.78 is 28.3. The molecule has 0 saturated carbocycles. The molecule has 3 nitrogen and oxygen atoms in total. The molecule has 2 aliphatic heterocycles. The molecule has 18 heavy (non-hydrogen) atoms. The number of nitrogens with zero attached hydrogens (tertiary/aromatic N) is 2. The molecular formula is C13H17F2N3. The number of nitrogens with one attached hydrogen (secondary N) is 1. The second-order valence-corrected chi connectivity index (χ2v) is 5.29. The molecule has 0 aromatic carbocycles. The lowest BCUT2D eigenvalue weighted by molar-refractivity contribution is -0.131. The van der Waals surface area contributed by atoms with E-state index >= 15 is 0 Å². The number of pyridine rings is 1. The van der Waals surface area contributed by atoms with Gasteiger partial charge in [0.15, 0.2) is 0 Å². The van der Waals surface area contributed by atoms with Crippen LogP contribution in [-0.2, 0) is 0 Å². The number of alkyl halides is 2. The zero-order valence-corrected chi connectivity index (χ0v) is 10.2. The number of anilines is 1. The van der Waals surface area contributed by atoms with Gasteiger partial charge in [-0.25, -0.2) is 8.78 Å². The molecule has 1 atom stereocenters. The molecule has 5 heteroatoms. The fourth-order valence-corrected chi connectivity index (χ4v) is 3.04. The van der Waals surface area contributed by atoms with Gasteiger partial charge in [-0.1, -0.05) is 0 Å². The Morgan fingerprint density at radius 1 is 1.33 bits per heavy atom. The first-order valence-electron chi connectivity index (χ1n) is 6.37. The van der Waals surface area contributed by atoms with Gasteiger partial charge in [0.1, 0.15) is 0 Å². The first kappa shape index (κ1) is 11.8. The predicted molar refractivity (Wildman–Crippen MR) is 65.9 cm³/mol. The monoisotopic (exact) mass is 253 g/mol. The Hall–Kier alpha value is -1.23. The third-order valence-corrected chi connectivity index (χ3v) is 4.22. The van der Waals surface area contributed by atoms with Crippen LogP contribution in [0, 0.1) is 5.41 Å². The van der Waals surface area contributed by atoms with Crippen LogP contribution in [0.25, 0.3) is 0 Å². The first-order valence-corrected chi connectivity index (χ1v) is 6.37.